The van der Waals surface area contributed by atoms with Crippen LogP contribution in [0.25, 0.3) is 0 Å². The van der Waals surface area contributed by atoms with Gasteiger partial charge in [0.15, 0.2) is 0 Å². The molecule has 0 unspecified atom stereocenters. The molecule has 1 rings (SSSR count). The molecule has 24 heavy (non-hydrogen) atoms. The Kier molecular flexibility index (Phi) is 7.03. The van der Waals surface area contributed by atoms with Crippen molar-refractivity contribution in [3.63, 3.8) is 0 Å². The Labute approximate surface area is 142 Å². The molecule has 0 radical (unpaired) electrons. The maximum atomic E-state index is 12.3. The van der Waals surface area contributed by atoms with E-state index >= 15 is 0 Å². The van der Waals surface area contributed by atoms with Gasteiger partial charge in [0.2, 0.25) is 5.91 Å². The third-order valence-electron chi connectivity index (χ3n) is 3.08. The fourth-order valence-corrected chi connectivity index (χ4v) is 1.98. The number of para-hydroxylation sites is 1. The van der Waals surface area contributed by atoms with E-state index in [0.717, 1.165) is 5.56 Å². The highest BCUT2D eigenvalue weighted by Gasteiger charge is 2.28. The number of aliphatic hydroxyl groups is 1. The summed E-state index contributed by atoms with van der Waals surface area (Å²) in [5, 5.41) is 14.8. The summed E-state index contributed by atoms with van der Waals surface area (Å²) in [5.74, 6) is 0.133. The second-order valence-corrected chi connectivity index (χ2v) is 6.39. The van der Waals surface area contributed by atoms with Crippen LogP contribution in [0.4, 0.5) is 4.79 Å². The lowest BCUT2D eigenvalue weighted by molar-refractivity contribution is -0.125. The number of hydrogen-bond acceptors (Lipinski definition) is 5. The summed E-state index contributed by atoms with van der Waals surface area (Å²) in [6, 6.07) is 6.14. The highest BCUT2D eigenvalue weighted by Crippen LogP contribution is 2.16. The van der Waals surface area contributed by atoms with E-state index in [0.29, 0.717) is 5.75 Å². The number of nitrogens with one attached hydrogen (secondary N) is 2. The van der Waals surface area contributed by atoms with Gasteiger partial charge in [-0.05, 0) is 33.8 Å². The smallest absolute Gasteiger partial charge is 0.408 e. The van der Waals surface area contributed by atoms with Crippen molar-refractivity contribution in [2.75, 3.05) is 7.11 Å². The minimum atomic E-state index is -1.12. The van der Waals surface area contributed by atoms with Crippen molar-refractivity contribution in [2.24, 2.45) is 0 Å². The molecule has 0 aliphatic rings. The molecule has 0 bridgehead atoms. The van der Waals surface area contributed by atoms with Crippen molar-refractivity contribution in [2.45, 2.75) is 52.0 Å². The van der Waals surface area contributed by atoms with E-state index in [1.165, 1.54) is 6.92 Å². The van der Waals surface area contributed by atoms with Crippen LogP contribution in [0, 0.1) is 0 Å². The van der Waals surface area contributed by atoms with Gasteiger partial charge in [0.1, 0.15) is 17.4 Å². The lowest BCUT2D eigenvalue weighted by Gasteiger charge is -2.24. The Bertz CT molecular complexity index is 566. The van der Waals surface area contributed by atoms with Crippen LogP contribution in [0.2, 0.25) is 0 Å². The van der Waals surface area contributed by atoms with Gasteiger partial charge in [-0.15, -0.1) is 0 Å². The van der Waals surface area contributed by atoms with Gasteiger partial charge in [0.25, 0.3) is 0 Å². The van der Waals surface area contributed by atoms with Crippen LogP contribution in [0.5, 0.6) is 5.75 Å². The maximum Gasteiger partial charge on any atom is 0.408 e. The number of ether oxygens (including phenoxy) is 2. The first-order chi connectivity index (χ1) is 11.1. The minimum Gasteiger partial charge on any atom is -0.496 e. The molecular weight excluding hydrogens is 312 g/mol. The number of aliphatic hydroxyl groups excluding tert-OH is 1. The lowest BCUT2D eigenvalue weighted by Crippen LogP contribution is -2.53. The number of alkyl carbamates (subject to hydrolysis) is 1. The molecule has 134 valence electrons. The summed E-state index contributed by atoms with van der Waals surface area (Å²) >= 11 is 0. The third-order valence-corrected chi connectivity index (χ3v) is 3.08. The van der Waals surface area contributed by atoms with Crippen LogP contribution in [0.15, 0.2) is 24.3 Å². The summed E-state index contributed by atoms with van der Waals surface area (Å²) in [4.78, 5) is 24.1. The first-order valence-electron chi connectivity index (χ1n) is 7.71. The first kappa shape index (κ1) is 19.8. The predicted octanol–water partition coefficient (Wildman–Crippen LogP) is 1.59. The summed E-state index contributed by atoms with van der Waals surface area (Å²) in [5.41, 5.74) is 0.0938. The molecule has 2 amide bonds. The monoisotopic (exact) mass is 338 g/mol. The molecule has 0 aliphatic carbocycles. The Morgan fingerprint density at radius 3 is 2.42 bits per heavy atom. The molecule has 7 nitrogen and oxygen atoms in total. The average Bonchev–Trinajstić information content (AvgIpc) is 2.48. The van der Waals surface area contributed by atoms with Crippen molar-refractivity contribution in [1.29, 1.82) is 0 Å². The molecule has 0 saturated carbocycles. The largest absolute Gasteiger partial charge is 0.496 e. The van der Waals surface area contributed by atoms with E-state index in [2.05, 4.69) is 10.6 Å². The zero-order valence-corrected chi connectivity index (χ0v) is 14.8. The summed E-state index contributed by atoms with van der Waals surface area (Å²) < 4.78 is 10.3. The molecule has 7 heteroatoms. The van der Waals surface area contributed by atoms with E-state index < -0.39 is 29.7 Å². The Balaban J connectivity index is 2.68. The summed E-state index contributed by atoms with van der Waals surface area (Å²) in [6.45, 7) is 6.77. The number of benzene rings is 1. The van der Waals surface area contributed by atoms with Crippen molar-refractivity contribution in [1.82, 2.24) is 10.6 Å². The van der Waals surface area contributed by atoms with Crippen LogP contribution >= 0.6 is 0 Å². The topological polar surface area (TPSA) is 96.9 Å². The third kappa shape index (κ3) is 6.45. The molecule has 0 aromatic heterocycles. The second kappa shape index (κ2) is 8.54. The van der Waals surface area contributed by atoms with Crippen molar-refractivity contribution >= 4 is 12.0 Å². The van der Waals surface area contributed by atoms with Crippen molar-refractivity contribution in [3.05, 3.63) is 29.8 Å². The number of hydrogen-bond donors (Lipinski definition) is 3. The number of methoxy groups -OCH3 is 1. The molecule has 0 saturated heterocycles. The highest BCUT2D eigenvalue weighted by molar-refractivity contribution is 5.86. The van der Waals surface area contributed by atoms with E-state index in [1.807, 2.05) is 18.2 Å². The zero-order chi connectivity index (χ0) is 18.3. The van der Waals surface area contributed by atoms with Gasteiger partial charge in [-0.3, -0.25) is 4.79 Å². The SMILES string of the molecule is COc1ccccc1CNC(=O)[C@@H](NC(=O)OC(C)(C)C)[C@@H](C)O. The van der Waals surface area contributed by atoms with Crippen LogP contribution in [0.1, 0.15) is 33.3 Å². The highest BCUT2D eigenvalue weighted by atomic mass is 16.6. The van der Waals surface area contributed by atoms with Gasteiger partial charge in [0.05, 0.1) is 13.2 Å². The van der Waals surface area contributed by atoms with Crippen LogP contribution in [0.3, 0.4) is 0 Å². The van der Waals surface area contributed by atoms with Gasteiger partial charge in [-0.1, -0.05) is 18.2 Å². The molecule has 0 heterocycles. The summed E-state index contributed by atoms with van der Waals surface area (Å²) in [6.07, 6.45) is -1.84. The van der Waals surface area contributed by atoms with Crippen LogP contribution in [-0.4, -0.2) is 42.0 Å². The number of amides is 2. The quantitative estimate of drug-likeness (QED) is 0.732. The fraction of sp³-hybridized carbons (Fsp3) is 0.529. The van der Waals surface area contributed by atoms with Crippen molar-refractivity contribution < 1.29 is 24.2 Å². The molecule has 3 N–H and O–H groups in total. The standard InChI is InChI=1S/C17H26N2O5/c1-11(20)14(19-16(22)24-17(2,3)4)15(21)18-10-12-8-6-7-9-13(12)23-5/h6-9,11,14,20H,10H2,1-5H3,(H,18,21)(H,19,22)/t11-,14+/m1/s1. The maximum absolute atomic E-state index is 12.3. The number of carbonyl (C=O) groups excluding carboxylic acids is 2. The summed E-state index contributed by atoms with van der Waals surface area (Å²) in [7, 11) is 1.54. The average molecular weight is 338 g/mol. The van der Waals surface area contributed by atoms with Gasteiger partial charge in [-0.25, -0.2) is 4.79 Å². The van der Waals surface area contributed by atoms with Gasteiger partial charge < -0.3 is 25.2 Å². The lowest BCUT2D eigenvalue weighted by atomic mass is 10.1. The van der Waals surface area contributed by atoms with Gasteiger partial charge >= 0.3 is 6.09 Å². The molecule has 0 fully saturated rings. The van der Waals surface area contributed by atoms with Gasteiger partial charge in [0, 0.05) is 12.1 Å². The van der Waals surface area contributed by atoms with E-state index in [9.17, 15) is 14.7 Å². The molecule has 0 spiro atoms. The van der Waals surface area contributed by atoms with Crippen LogP contribution in [-0.2, 0) is 16.1 Å². The fourth-order valence-electron chi connectivity index (χ4n) is 1.98. The van der Waals surface area contributed by atoms with E-state index in [1.54, 1.807) is 33.9 Å². The molecule has 0 aliphatic heterocycles. The number of carbonyl (C=O) groups is 2. The molecule has 1 aromatic rings. The zero-order valence-electron chi connectivity index (χ0n) is 14.8. The normalized spacial score (nSPS) is 13.6. The molecule has 1 aromatic carbocycles. The van der Waals surface area contributed by atoms with E-state index in [4.69, 9.17) is 9.47 Å². The van der Waals surface area contributed by atoms with Crippen LogP contribution < -0.4 is 15.4 Å². The molecule has 2 atom stereocenters. The Hall–Kier alpha value is -2.28. The first-order valence-corrected chi connectivity index (χ1v) is 7.71. The predicted molar refractivity (Wildman–Crippen MR) is 89.7 cm³/mol. The van der Waals surface area contributed by atoms with Gasteiger partial charge in [-0.2, -0.15) is 0 Å². The second-order valence-electron chi connectivity index (χ2n) is 6.39. The Morgan fingerprint density at radius 2 is 1.88 bits per heavy atom. The minimum absolute atomic E-state index is 0.210. The van der Waals surface area contributed by atoms with E-state index in [-0.39, 0.29) is 6.54 Å². The van der Waals surface area contributed by atoms with Crippen molar-refractivity contribution in [3.8, 4) is 5.75 Å². The number of rotatable bonds is 6. The molecular formula is C17H26N2O5. The Morgan fingerprint density at radius 1 is 1.25 bits per heavy atom.